The van der Waals surface area contributed by atoms with E-state index in [4.69, 9.17) is 4.74 Å². The summed E-state index contributed by atoms with van der Waals surface area (Å²) in [5.41, 5.74) is 1.12. The van der Waals surface area contributed by atoms with E-state index in [-0.39, 0.29) is 6.10 Å². The molecule has 2 heterocycles. The molecule has 1 unspecified atom stereocenters. The third-order valence-corrected chi connectivity index (χ3v) is 3.66. The van der Waals surface area contributed by atoms with Crippen molar-refractivity contribution in [3.8, 4) is 0 Å². The van der Waals surface area contributed by atoms with Crippen molar-refractivity contribution >= 4 is 11.3 Å². The fourth-order valence-electron chi connectivity index (χ4n) is 1.73. The highest BCUT2D eigenvalue weighted by Gasteiger charge is 2.22. The van der Waals surface area contributed by atoms with E-state index >= 15 is 0 Å². The number of hydrogen-bond donors (Lipinski definition) is 1. The molecule has 2 rings (SSSR count). The van der Waals surface area contributed by atoms with Gasteiger partial charge in [-0.2, -0.15) is 0 Å². The van der Waals surface area contributed by atoms with Crippen molar-refractivity contribution in [2.24, 2.45) is 0 Å². The van der Waals surface area contributed by atoms with Crippen LogP contribution in [0, 0.1) is 0 Å². The van der Waals surface area contributed by atoms with E-state index < -0.39 is 0 Å². The number of likely N-dealkylation sites (N-methyl/N-ethyl adjacent to an activating group) is 1. The molecule has 1 atom stereocenters. The van der Waals surface area contributed by atoms with Crippen LogP contribution in [0.25, 0.3) is 0 Å². The molecule has 0 radical (unpaired) electrons. The Labute approximate surface area is 101 Å². The minimum atomic E-state index is 0.166. The maximum atomic E-state index is 5.74. The van der Waals surface area contributed by atoms with Crippen molar-refractivity contribution in [3.05, 3.63) is 16.1 Å². The summed E-state index contributed by atoms with van der Waals surface area (Å²) in [6.07, 6.45) is 0.166. The summed E-state index contributed by atoms with van der Waals surface area (Å²) < 4.78 is 5.74. The molecule has 1 aromatic heterocycles. The molecular weight excluding hydrogens is 222 g/mol. The summed E-state index contributed by atoms with van der Waals surface area (Å²) in [5.74, 6) is 0. The van der Waals surface area contributed by atoms with Gasteiger partial charge in [0.05, 0.1) is 12.3 Å². The number of nitrogens with zero attached hydrogens (tertiary/aromatic N) is 2. The van der Waals surface area contributed by atoms with E-state index in [0.29, 0.717) is 0 Å². The number of rotatable bonds is 4. The number of ether oxygens (including phenoxy) is 1. The van der Waals surface area contributed by atoms with Gasteiger partial charge in [0.2, 0.25) is 0 Å². The van der Waals surface area contributed by atoms with E-state index in [9.17, 15) is 0 Å². The average molecular weight is 241 g/mol. The lowest BCUT2D eigenvalue weighted by atomic mass is 10.3. The van der Waals surface area contributed by atoms with Crippen LogP contribution in [0.15, 0.2) is 5.38 Å². The predicted molar refractivity (Wildman–Crippen MR) is 65.7 cm³/mol. The van der Waals surface area contributed by atoms with Crippen molar-refractivity contribution in [2.75, 3.05) is 33.3 Å². The van der Waals surface area contributed by atoms with Gasteiger partial charge < -0.3 is 15.0 Å². The summed E-state index contributed by atoms with van der Waals surface area (Å²) >= 11 is 1.71. The highest BCUT2D eigenvalue weighted by Crippen LogP contribution is 2.24. The van der Waals surface area contributed by atoms with Gasteiger partial charge in [-0.1, -0.05) is 6.92 Å². The average Bonchev–Trinajstić information content (AvgIpc) is 2.75. The standard InChI is InChI=1S/C11H19N3OS/c1-3-12-6-9-8-16-11(13-9)10-7-14(2)4-5-15-10/h8,10,12H,3-7H2,1-2H3. The monoisotopic (exact) mass is 241 g/mol. The number of aromatic nitrogens is 1. The van der Waals surface area contributed by atoms with Crippen LogP contribution in [0.5, 0.6) is 0 Å². The second-order valence-corrected chi connectivity index (χ2v) is 4.97. The van der Waals surface area contributed by atoms with Crippen molar-refractivity contribution < 1.29 is 4.74 Å². The highest BCUT2D eigenvalue weighted by molar-refractivity contribution is 7.09. The van der Waals surface area contributed by atoms with Gasteiger partial charge in [-0.05, 0) is 13.6 Å². The van der Waals surface area contributed by atoms with Crippen LogP contribution < -0.4 is 5.32 Å². The molecule has 90 valence electrons. The Hall–Kier alpha value is -0.490. The molecule has 1 N–H and O–H groups in total. The Morgan fingerprint density at radius 3 is 3.31 bits per heavy atom. The zero-order valence-corrected chi connectivity index (χ0v) is 10.7. The zero-order valence-electron chi connectivity index (χ0n) is 9.90. The molecular formula is C11H19N3OS. The van der Waals surface area contributed by atoms with Crippen LogP contribution in [0.3, 0.4) is 0 Å². The van der Waals surface area contributed by atoms with Gasteiger partial charge in [0.15, 0.2) is 0 Å². The molecule has 1 aliphatic heterocycles. The molecule has 1 aliphatic rings. The Kier molecular flexibility index (Phi) is 4.29. The molecule has 0 amide bonds. The van der Waals surface area contributed by atoms with Crippen molar-refractivity contribution in [3.63, 3.8) is 0 Å². The molecule has 0 bridgehead atoms. The number of nitrogens with one attached hydrogen (secondary N) is 1. The minimum Gasteiger partial charge on any atom is -0.368 e. The summed E-state index contributed by atoms with van der Waals surface area (Å²) in [6.45, 7) is 6.72. The van der Waals surface area contributed by atoms with Gasteiger partial charge in [0.1, 0.15) is 11.1 Å². The van der Waals surface area contributed by atoms with Gasteiger partial charge in [-0.25, -0.2) is 4.98 Å². The Morgan fingerprint density at radius 1 is 1.69 bits per heavy atom. The lowest BCUT2D eigenvalue weighted by molar-refractivity contribution is -0.0210. The second-order valence-electron chi connectivity index (χ2n) is 4.08. The fraction of sp³-hybridized carbons (Fsp3) is 0.727. The number of hydrogen-bond acceptors (Lipinski definition) is 5. The zero-order chi connectivity index (χ0) is 11.4. The third-order valence-electron chi connectivity index (χ3n) is 2.67. The van der Waals surface area contributed by atoms with E-state index in [1.54, 1.807) is 11.3 Å². The van der Waals surface area contributed by atoms with Crippen molar-refractivity contribution in [1.82, 2.24) is 15.2 Å². The Bertz CT molecular complexity index is 329. The summed E-state index contributed by atoms with van der Waals surface area (Å²) in [4.78, 5) is 6.90. The van der Waals surface area contributed by atoms with Crippen LogP contribution >= 0.6 is 11.3 Å². The highest BCUT2D eigenvalue weighted by atomic mass is 32.1. The SMILES string of the molecule is CCNCc1csc(C2CN(C)CCO2)n1. The molecule has 1 aromatic rings. The first-order valence-electron chi connectivity index (χ1n) is 5.74. The second kappa shape index (κ2) is 5.72. The summed E-state index contributed by atoms with van der Waals surface area (Å²) in [6, 6.07) is 0. The first kappa shape index (κ1) is 12.0. The smallest absolute Gasteiger partial charge is 0.123 e. The normalized spacial score (nSPS) is 22.5. The molecule has 1 saturated heterocycles. The van der Waals surface area contributed by atoms with Gasteiger partial charge >= 0.3 is 0 Å². The molecule has 0 saturated carbocycles. The molecule has 0 aromatic carbocycles. The quantitative estimate of drug-likeness (QED) is 0.861. The minimum absolute atomic E-state index is 0.166. The molecule has 5 heteroatoms. The lowest BCUT2D eigenvalue weighted by Crippen LogP contribution is -2.35. The first-order valence-corrected chi connectivity index (χ1v) is 6.62. The molecule has 0 spiro atoms. The molecule has 1 fully saturated rings. The van der Waals surface area contributed by atoms with Crippen molar-refractivity contribution in [2.45, 2.75) is 19.6 Å². The van der Waals surface area contributed by atoms with Crippen LogP contribution in [0.1, 0.15) is 23.7 Å². The van der Waals surface area contributed by atoms with Gasteiger partial charge in [-0.3, -0.25) is 0 Å². The number of morpholine rings is 1. The molecule has 16 heavy (non-hydrogen) atoms. The Morgan fingerprint density at radius 2 is 2.56 bits per heavy atom. The van der Waals surface area contributed by atoms with E-state index in [0.717, 1.165) is 43.5 Å². The van der Waals surface area contributed by atoms with Crippen LogP contribution in [-0.2, 0) is 11.3 Å². The van der Waals surface area contributed by atoms with Gasteiger partial charge in [0, 0.05) is 25.0 Å². The Balaban J connectivity index is 1.95. The predicted octanol–water partition coefficient (Wildman–Crippen LogP) is 1.26. The fourth-order valence-corrected chi connectivity index (χ4v) is 2.59. The summed E-state index contributed by atoms with van der Waals surface area (Å²) in [5, 5.41) is 6.51. The molecule has 0 aliphatic carbocycles. The van der Waals surface area contributed by atoms with E-state index in [1.807, 2.05) is 0 Å². The maximum absolute atomic E-state index is 5.74. The third kappa shape index (κ3) is 3.01. The van der Waals surface area contributed by atoms with E-state index in [2.05, 4.69) is 34.6 Å². The first-order chi connectivity index (χ1) is 7.79. The maximum Gasteiger partial charge on any atom is 0.123 e. The van der Waals surface area contributed by atoms with E-state index in [1.165, 1.54) is 0 Å². The van der Waals surface area contributed by atoms with Crippen LogP contribution in [-0.4, -0.2) is 43.2 Å². The van der Waals surface area contributed by atoms with Crippen molar-refractivity contribution in [1.29, 1.82) is 0 Å². The summed E-state index contributed by atoms with van der Waals surface area (Å²) in [7, 11) is 2.13. The van der Waals surface area contributed by atoms with Crippen LogP contribution in [0.4, 0.5) is 0 Å². The van der Waals surface area contributed by atoms with Gasteiger partial charge in [0.25, 0.3) is 0 Å². The lowest BCUT2D eigenvalue weighted by Gasteiger charge is -2.28. The largest absolute Gasteiger partial charge is 0.368 e. The van der Waals surface area contributed by atoms with Gasteiger partial charge in [-0.15, -0.1) is 11.3 Å². The number of thiazole rings is 1. The molecule has 4 nitrogen and oxygen atoms in total. The van der Waals surface area contributed by atoms with Crippen LogP contribution in [0.2, 0.25) is 0 Å². The topological polar surface area (TPSA) is 37.4 Å².